The molecule has 0 aliphatic carbocycles. The van der Waals surface area contributed by atoms with Crippen molar-refractivity contribution in [3.05, 3.63) is 41.9 Å². The summed E-state index contributed by atoms with van der Waals surface area (Å²) >= 11 is 5.86. The summed E-state index contributed by atoms with van der Waals surface area (Å²) in [5.41, 5.74) is 0.514. The first-order valence-corrected chi connectivity index (χ1v) is 5.98. The van der Waals surface area contributed by atoms with Gasteiger partial charge in [0.2, 0.25) is 5.91 Å². The second kappa shape index (κ2) is 5.33. The van der Waals surface area contributed by atoms with Crippen LogP contribution < -0.4 is 10.2 Å². The molecule has 4 nitrogen and oxygen atoms in total. The highest BCUT2D eigenvalue weighted by Gasteiger charge is 2.38. The second-order valence-electron chi connectivity index (χ2n) is 4.00. The van der Waals surface area contributed by atoms with Gasteiger partial charge >= 0.3 is 0 Å². The molecule has 1 saturated heterocycles. The first-order valence-electron chi connectivity index (χ1n) is 5.60. The number of hydrogen-bond donors (Lipinski definition) is 1. The first kappa shape index (κ1) is 12.8. The van der Waals surface area contributed by atoms with E-state index in [9.17, 15) is 9.59 Å². The fourth-order valence-electron chi connectivity index (χ4n) is 1.90. The molecule has 0 spiro atoms. The number of nitrogens with one attached hydrogen (secondary N) is 1. The average molecular weight is 265 g/mol. The Morgan fingerprint density at radius 1 is 1.50 bits per heavy atom. The molecule has 0 unspecified atom stereocenters. The number of carbonyl (C=O) groups is 2. The highest BCUT2D eigenvalue weighted by atomic mass is 35.5. The maximum Gasteiger partial charge on any atom is 0.251 e. The summed E-state index contributed by atoms with van der Waals surface area (Å²) in [5.74, 6) is -0.465. The van der Waals surface area contributed by atoms with Crippen molar-refractivity contribution in [2.75, 3.05) is 11.4 Å². The van der Waals surface area contributed by atoms with E-state index in [0.29, 0.717) is 17.3 Å². The first-order chi connectivity index (χ1) is 8.63. The van der Waals surface area contributed by atoms with Gasteiger partial charge in [-0.15, -0.1) is 6.58 Å². The van der Waals surface area contributed by atoms with E-state index in [1.165, 1.54) is 4.90 Å². The average Bonchev–Trinajstić information content (AvgIpc) is 2.62. The van der Waals surface area contributed by atoms with Gasteiger partial charge in [-0.2, -0.15) is 0 Å². The predicted octanol–water partition coefficient (Wildman–Crippen LogP) is 1.75. The monoisotopic (exact) mass is 264 g/mol. The lowest BCUT2D eigenvalue weighted by Gasteiger charge is -2.15. The molecule has 1 atom stereocenters. The van der Waals surface area contributed by atoms with Crippen molar-refractivity contribution in [1.82, 2.24) is 5.32 Å². The van der Waals surface area contributed by atoms with Crippen molar-refractivity contribution in [3.8, 4) is 0 Å². The number of anilines is 1. The Hall–Kier alpha value is -1.65. The summed E-state index contributed by atoms with van der Waals surface area (Å²) in [4.78, 5) is 25.1. The predicted molar refractivity (Wildman–Crippen MR) is 70.5 cm³/mol. The molecule has 0 radical (unpaired) electrons. The van der Waals surface area contributed by atoms with Crippen molar-refractivity contribution < 1.29 is 9.59 Å². The van der Waals surface area contributed by atoms with Crippen LogP contribution in [0.15, 0.2) is 36.9 Å². The second-order valence-corrected chi connectivity index (χ2v) is 4.44. The van der Waals surface area contributed by atoms with Gasteiger partial charge in [0.1, 0.15) is 0 Å². The third-order valence-electron chi connectivity index (χ3n) is 2.72. The molecule has 1 fully saturated rings. The molecular formula is C13H13ClN2O2. The van der Waals surface area contributed by atoms with Gasteiger partial charge in [-0.3, -0.25) is 9.59 Å². The Morgan fingerprint density at radius 2 is 2.28 bits per heavy atom. The molecule has 1 aromatic rings. The number of benzene rings is 1. The normalized spacial score (nSPS) is 19.4. The van der Waals surface area contributed by atoms with E-state index in [1.54, 1.807) is 30.3 Å². The molecule has 18 heavy (non-hydrogen) atoms. The summed E-state index contributed by atoms with van der Waals surface area (Å²) in [6.45, 7) is 4.06. The molecule has 0 aromatic heterocycles. The van der Waals surface area contributed by atoms with Crippen molar-refractivity contribution in [3.63, 3.8) is 0 Å². The smallest absolute Gasteiger partial charge is 0.251 e. The van der Waals surface area contributed by atoms with E-state index in [-0.39, 0.29) is 18.2 Å². The van der Waals surface area contributed by atoms with Crippen LogP contribution in [0.4, 0.5) is 5.69 Å². The quantitative estimate of drug-likeness (QED) is 0.666. The molecule has 2 rings (SSSR count). The lowest BCUT2D eigenvalue weighted by Crippen LogP contribution is -2.38. The van der Waals surface area contributed by atoms with Crippen molar-refractivity contribution in [2.45, 2.75) is 12.5 Å². The van der Waals surface area contributed by atoms with Gasteiger partial charge in [0.25, 0.3) is 5.91 Å². The van der Waals surface area contributed by atoms with E-state index in [4.69, 9.17) is 11.6 Å². The molecule has 1 heterocycles. The molecule has 1 aliphatic rings. The molecule has 0 bridgehead atoms. The summed E-state index contributed by atoms with van der Waals surface area (Å²) in [7, 11) is 0. The van der Waals surface area contributed by atoms with E-state index in [0.717, 1.165) is 0 Å². The zero-order valence-electron chi connectivity index (χ0n) is 9.73. The van der Waals surface area contributed by atoms with Gasteiger partial charge in [-0.05, 0) is 18.2 Å². The molecule has 2 amide bonds. The number of carbonyl (C=O) groups excluding carboxylic acids is 2. The topological polar surface area (TPSA) is 49.4 Å². The minimum atomic E-state index is -0.477. The summed E-state index contributed by atoms with van der Waals surface area (Å²) in [6.07, 6.45) is 1.82. The van der Waals surface area contributed by atoms with Crippen LogP contribution in [0, 0.1) is 0 Å². The largest absolute Gasteiger partial charge is 0.302 e. The Morgan fingerprint density at radius 3 is 2.94 bits per heavy atom. The number of hydrogen-bond acceptors (Lipinski definition) is 3. The van der Waals surface area contributed by atoms with Crippen LogP contribution in [0.1, 0.15) is 6.42 Å². The molecule has 5 heteroatoms. The maximum atomic E-state index is 12.1. The standard InChI is InChI=1S/C13H13ClN2O2/c1-2-6-15-11-8-12(17)16(13(11)18)10-5-3-4-9(14)7-10/h2-5,7,11,15H,1,6,8H2/t11-/m1/s1. The van der Waals surface area contributed by atoms with Gasteiger partial charge < -0.3 is 5.32 Å². The van der Waals surface area contributed by atoms with Crippen LogP contribution in [-0.4, -0.2) is 24.4 Å². The SMILES string of the molecule is C=CCN[C@@H]1CC(=O)N(c2cccc(Cl)c2)C1=O. The third kappa shape index (κ3) is 2.44. The van der Waals surface area contributed by atoms with Crippen LogP contribution in [0.2, 0.25) is 5.02 Å². The van der Waals surface area contributed by atoms with Gasteiger partial charge in [-0.25, -0.2) is 4.90 Å². The number of amides is 2. The van der Waals surface area contributed by atoms with Gasteiger partial charge in [0.15, 0.2) is 0 Å². The highest BCUT2D eigenvalue weighted by Crippen LogP contribution is 2.25. The minimum absolute atomic E-state index is 0.166. The fourth-order valence-corrected chi connectivity index (χ4v) is 2.09. The van der Waals surface area contributed by atoms with Gasteiger partial charge in [0.05, 0.1) is 18.2 Å². The summed E-state index contributed by atoms with van der Waals surface area (Å²) in [6, 6.07) is 6.23. The van der Waals surface area contributed by atoms with Crippen molar-refractivity contribution in [1.29, 1.82) is 0 Å². The number of halogens is 1. The van der Waals surface area contributed by atoms with Crippen LogP contribution in [0.3, 0.4) is 0 Å². The number of imide groups is 1. The van der Waals surface area contributed by atoms with Crippen LogP contribution >= 0.6 is 11.6 Å². The van der Waals surface area contributed by atoms with E-state index in [1.807, 2.05) is 0 Å². The molecule has 0 saturated carbocycles. The summed E-state index contributed by atoms with van der Waals surface area (Å²) < 4.78 is 0. The molecule has 1 aliphatic heterocycles. The molecule has 1 aromatic carbocycles. The Balaban J connectivity index is 2.21. The van der Waals surface area contributed by atoms with Gasteiger partial charge in [-0.1, -0.05) is 23.7 Å². The van der Waals surface area contributed by atoms with Crippen LogP contribution in [0.25, 0.3) is 0 Å². The summed E-state index contributed by atoms with van der Waals surface area (Å²) in [5, 5.41) is 3.46. The van der Waals surface area contributed by atoms with Crippen LogP contribution in [-0.2, 0) is 9.59 Å². The zero-order chi connectivity index (χ0) is 13.1. The minimum Gasteiger partial charge on any atom is -0.302 e. The lowest BCUT2D eigenvalue weighted by atomic mass is 10.2. The Labute approximate surface area is 110 Å². The highest BCUT2D eigenvalue weighted by molar-refractivity contribution is 6.31. The van der Waals surface area contributed by atoms with E-state index in [2.05, 4.69) is 11.9 Å². The maximum absolute atomic E-state index is 12.1. The van der Waals surface area contributed by atoms with Gasteiger partial charge in [0, 0.05) is 11.6 Å². The van der Waals surface area contributed by atoms with Crippen molar-refractivity contribution in [2.24, 2.45) is 0 Å². The van der Waals surface area contributed by atoms with E-state index >= 15 is 0 Å². The molecular weight excluding hydrogens is 252 g/mol. The molecule has 94 valence electrons. The third-order valence-corrected chi connectivity index (χ3v) is 2.96. The van der Waals surface area contributed by atoms with Crippen LogP contribution in [0.5, 0.6) is 0 Å². The van der Waals surface area contributed by atoms with Crippen molar-refractivity contribution >= 4 is 29.1 Å². The van der Waals surface area contributed by atoms with E-state index < -0.39 is 6.04 Å². The Kier molecular flexibility index (Phi) is 3.79. The lowest BCUT2D eigenvalue weighted by molar-refractivity contribution is -0.121. The zero-order valence-corrected chi connectivity index (χ0v) is 10.5. The number of rotatable bonds is 4. The molecule has 1 N–H and O–H groups in total. The fraction of sp³-hybridized carbons (Fsp3) is 0.231. The Bertz CT molecular complexity index is 502. The number of nitrogens with zero attached hydrogens (tertiary/aromatic N) is 1.